The number of ketones is 1. The van der Waals surface area contributed by atoms with Crippen LogP contribution in [0.4, 0.5) is 0 Å². The minimum Gasteiger partial charge on any atom is -0.497 e. The van der Waals surface area contributed by atoms with Gasteiger partial charge in [-0.1, -0.05) is 12.1 Å². The third-order valence-corrected chi connectivity index (χ3v) is 9.48. The molecule has 2 aromatic heterocycles. The zero-order valence-electron chi connectivity index (χ0n) is 22.2. The number of thiazole rings is 1. The molecule has 1 aliphatic carbocycles. The number of carbonyl (C=O) groups is 2. The van der Waals surface area contributed by atoms with Gasteiger partial charge in [0, 0.05) is 24.4 Å². The molecule has 1 amide bonds. The summed E-state index contributed by atoms with van der Waals surface area (Å²) in [7, 11) is -2.04. The van der Waals surface area contributed by atoms with Gasteiger partial charge >= 0.3 is 0 Å². The van der Waals surface area contributed by atoms with Crippen LogP contribution in [0.2, 0.25) is 0 Å². The highest BCUT2D eigenvalue weighted by molar-refractivity contribution is 7.92. The largest absolute Gasteiger partial charge is 0.497 e. The van der Waals surface area contributed by atoms with E-state index in [1.54, 1.807) is 25.2 Å². The fraction of sp³-hybridized carbons (Fsp3) is 0.464. The third-order valence-electron chi connectivity index (χ3n) is 6.92. The number of sulfone groups is 1. The molecule has 0 spiro atoms. The maximum absolute atomic E-state index is 14.0. The van der Waals surface area contributed by atoms with E-state index in [0.717, 1.165) is 29.9 Å². The topological polar surface area (TPSA) is 127 Å². The Labute approximate surface area is 232 Å². The summed E-state index contributed by atoms with van der Waals surface area (Å²) in [6.45, 7) is 2.19. The molecule has 9 nitrogen and oxygen atoms in total. The zero-order valence-corrected chi connectivity index (χ0v) is 23.9. The Bertz CT molecular complexity index is 1380. The van der Waals surface area contributed by atoms with Crippen molar-refractivity contribution in [1.82, 2.24) is 9.88 Å². The first-order valence-corrected chi connectivity index (χ1v) is 15.6. The van der Waals surface area contributed by atoms with Crippen LogP contribution >= 0.6 is 11.3 Å². The molecule has 0 saturated heterocycles. The Morgan fingerprint density at radius 3 is 2.54 bits per heavy atom. The lowest BCUT2D eigenvalue weighted by Gasteiger charge is -2.27. The monoisotopic (exact) mass is 574 g/mol. The Kier molecular flexibility index (Phi) is 9.24. The van der Waals surface area contributed by atoms with Crippen LogP contribution in [0.1, 0.15) is 57.4 Å². The van der Waals surface area contributed by atoms with Gasteiger partial charge < -0.3 is 19.2 Å². The van der Waals surface area contributed by atoms with Crippen LogP contribution in [-0.2, 0) is 33.0 Å². The minimum atomic E-state index is -3.64. The van der Waals surface area contributed by atoms with E-state index in [1.807, 2.05) is 36.4 Å². The summed E-state index contributed by atoms with van der Waals surface area (Å²) in [5.41, 5.74) is 0.480. The van der Waals surface area contributed by atoms with E-state index in [0.29, 0.717) is 29.3 Å². The number of amides is 1. The van der Waals surface area contributed by atoms with Crippen molar-refractivity contribution in [2.45, 2.75) is 51.0 Å². The molecule has 39 heavy (non-hydrogen) atoms. The van der Waals surface area contributed by atoms with Crippen LogP contribution in [0.25, 0.3) is 0 Å². The minimum absolute atomic E-state index is 0.0134. The van der Waals surface area contributed by atoms with Crippen molar-refractivity contribution >= 4 is 32.9 Å². The Morgan fingerprint density at radius 1 is 1.18 bits per heavy atom. The molecular weight excluding hydrogens is 540 g/mol. The van der Waals surface area contributed by atoms with Crippen molar-refractivity contribution in [3.63, 3.8) is 0 Å². The van der Waals surface area contributed by atoms with Gasteiger partial charge in [-0.05, 0) is 62.4 Å². The fourth-order valence-corrected chi connectivity index (χ4v) is 6.90. The van der Waals surface area contributed by atoms with E-state index in [9.17, 15) is 18.0 Å². The first-order chi connectivity index (χ1) is 18.7. The van der Waals surface area contributed by atoms with Crippen LogP contribution in [-0.4, -0.2) is 66.9 Å². The van der Waals surface area contributed by atoms with Crippen molar-refractivity contribution in [3.8, 4) is 5.75 Å². The summed E-state index contributed by atoms with van der Waals surface area (Å²) in [5, 5.41) is 9.51. The molecule has 210 valence electrons. The molecule has 0 bridgehead atoms. The second kappa shape index (κ2) is 12.4. The van der Waals surface area contributed by atoms with Crippen LogP contribution in [0.3, 0.4) is 0 Å². The first kappa shape index (κ1) is 29.0. The second-order valence-electron chi connectivity index (χ2n) is 9.82. The van der Waals surface area contributed by atoms with Crippen molar-refractivity contribution in [2.75, 3.05) is 31.8 Å². The summed E-state index contributed by atoms with van der Waals surface area (Å²) >= 11 is 1.30. The highest BCUT2D eigenvalue weighted by Gasteiger charge is 2.53. The number of methoxy groups -OCH3 is 1. The number of hydrogen-bond donors (Lipinski definition) is 1. The number of aromatic nitrogens is 1. The standard InChI is InChI=1S/C28H34N2O7S2/c1-20-26(24(32)19-39(34,35)17-5-15-31)29-25(38-20)18-30(14-3-6-23-7-4-16-37-23)27(33)28(12-13-28)21-8-10-22(36-2)11-9-21/h4,7-11,16,31H,3,5-6,12-15,17-19H2,1-2H3. The van der Waals surface area contributed by atoms with Crippen LogP contribution < -0.4 is 4.74 Å². The molecule has 1 aliphatic rings. The number of nitrogens with zero attached hydrogens (tertiary/aromatic N) is 2. The van der Waals surface area contributed by atoms with E-state index in [4.69, 9.17) is 14.3 Å². The highest BCUT2D eigenvalue weighted by atomic mass is 32.2. The fourth-order valence-electron chi connectivity index (χ4n) is 4.68. The van der Waals surface area contributed by atoms with Gasteiger partial charge in [-0.3, -0.25) is 9.59 Å². The van der Waals surface area contributed by atoms with Crippen LogP contribution in [0, 0.1) is 6.92 Å². The van der Waals surface area contributed by atoms with E-state index < -0.39 is 26.8 Å². The van der Waals surface area contributed by atoms with Crippen molar-refractivity contribution in [1.29, 1.82) is 0 Å². The predicted octanol–water partition coefficient (Wildman–Crippen LogP) is 3.73. The maximum atomic E-state index is 14.0. The number of aliphatic hydroxyl groups excluding tert-OH is 1. The normalized spacial score (nSPS) is 14.2. The molecule has 0 atom stereocenters. The zero-order chi connectivity index (χ0) is 28.0. The van der Waals surface area contributed by atoms with Gasteiger partial charge in [-0.25, -0.2) is 13.4 Å². The quantitative estimate of drug-likeness (QED) is 0.272. The lowest BCUT2D eigenvalue weighted by molar-refractivity contribution is -0.134. The molecule has 0 unspecified atom stereocenters. The molecule has 11 heteroatoms. The predicted molar refractivity (Wildman–Crippen MR) is 148 cm³/mol. The molecule has 4 rings (SSSR count). The number of hydrogen-bond acceptors (Lipinski definition) is 9. The first-order valence-electron chi connectivity index (χ1n) is 12.9. The lowest BCUT2D eigenvalue weighted by Crippen LogP contribution is -2.39. The number of aliphatic hydroxyl groups is 1. The molecule has 1 aromatic carbocycles. The van der Waals surface area contributed by atoms with Gasteiger partial charge in [0.25, 0.3) is 0 Å². The maximum Gasteiger partial charge on any atom is 0.233 e. The highest BCUT2D eigenvalue weighted by Crippen LogP contribution is 2.50. The summed E-state index contributed by atoms with van der Waals surface area (Å²) < 4.78 is 35.2. The number of carbonyl (C=O) groups excluding carboxylic acids is 2. The Balaban J connectivity index is 1.52. The van der Waals surface area contributed by atoms with E-state index >= 15 is 0 Å². The number of ether oxygens (including phenoxy) is 1. The summed E-state index contributed by atoms with van der Waals surface area (Å²) in [5.74, 6) is 0.116. The average molecular weight is 575 g/mol. The average Bonchev–Trinajstić information content (AvgIpc) is 3.39. The van der Waals surface area contributed by atoms with Crippen LogP contribution in [0.5, 0.6) is 5.75 Å². The number of furan rings is 1. The number of benzene rings is 1. The molecule has 1 N–H and O–H groups in total. The van der Waals surface area contributed by atoms with E-state index in [-0.39, 0.29) is 36.9 Å². The van der Waals surface area contributed by atoms with Gasteiger partial charge in [0.2, 0.25) is 5.91 Å². The van der Waals surface area contributed by atoms with Gasteiger partial charge in [-0.2, -0.15) is 0 Å². The van der Waals surface area contributed by atoms with Gasteiger partial charge in [0.15, 0.2) is 15.6 Å². The summed E-state index contributed by atoms with van der Waals surface area (Å²) in [6.07, 6.45) is 4.58. The Morgan fingerprint density at radius 2 is 1.92 bits per heavy atom. The van der Waals surface area contributed by atoms with Gasteiger partial charge in [0.1, 0.15) is 28.0 Å². The van der Waals surface area contributed by atoms with Gasteiger partial charge in [-0.15, -0.1) is 11.3 Å². The number of aryl methyl sites for hydroxylation is 2. The molecule has 2 heterocycles. The van der Waals surface area contributed by atoms with E-state index in [2.05, 4.69) is 4.98 Å². The van der Waals surface area contributed by atoms with E-state index in [1.165, 1.54) is 11.3 Å². The SMILES string of the molecule is COc1ccc(C2(C(=O)N(CCCc3ccco3)Cc3nc(C(=O)CS(=O)(=O)CCCO)c(C)s3)CC2)cc1. The van der Waals surface area contributed by atoms with Crippen molar-refractivity contribution in [3.05, 3.63) is 69.6 Å². The molecular formula is C28H34N2O7S2. The molecule has 1 saturated carbocycles. The third kappa shape index (κ3) is 7.14. The lowest BCUT2D eigenvalue weighted by atomic mass is 9.94. The van der Waals surface area contributed by atoms with Gasteiger partial charge in [0.05, 0.1) is 31.1 Å². The number of Topliss-reactive ketones (excluding diaryl/α,β-unsaturated/α-hetero) is 1. The number of rotatable bonds is 15. The van der Waals surface area contributed by atoms with Crippen molar-refractivity contribution in [2.24, 2.45) is 0 Å². The molecule has 1 fully saturated rings. The van der Waals surface area contributed by atoms with Crippen LogP contribution in [0.15, 0.2) is 47.1 Å². The molecule has 0 radical (unpaired) electrons. The molecule has 3 aromatic rings. The Hall–Kier alpha value is -3.02. The smallest absolute Gasteiger partial charge is 0.233 e. The summed E-state index contributed by atoms with van der Waals surface area (Å²) in [6, 6.07) is 11.3. The molecule has 0 aliphatic heterocycles. The van der Waals surface area contributed by atoms with Crippen molar-refractivity contribution < 1.29 is 32.3 Å². The second-order valence-corrected chi connectivity index (χ2v) is 13.3. The summed E-state index contributed by atoms with van der Waals surface area (Å²) in [4.78, 5) is 33.7.